The third-order valence-electron chi connectivity index (χ3n) is 16.3. The van der Waals surface area contributed by atoms with E-state index in [1.54, 1.807) is 5.56 Å². The molecule has 0 amide bonds. The van der Waals surface area contributed by atoms with E-state index in [-0.39, 0.29) is 0 Å². The van der Waals surface area contributed by atoms with Gasteiger partial charge in [-0.3, -0.25) is 0 Å². The summed E-state index contributed by atoms with van der Waals surface area (Å²) in [5, 5.41) is 6.70. The minimum Gasteiger partial charge on any atom is -0.313 e. The van der Waals surface area contributed by atoms with Crippen molar-refractivity contribution in [2.24, 2.45) is 0 Å². The maximum absolute atomic E-state index is 2.56. The van der Waals surface area contributed by atoms with Crippen LogP contribution in [0.2, 0.25) is 0 Å². The Hall–Kier alpha value is -6.68. The van der Waals surface area contributed by atoms with E-state index in [4.69, 9.17) is 0 Å². The number of hydrogen-bond donors (Lipinski definition) is 0. The lowest BCUT2D eigenvalue weighted by molar-refractivity contribution is 0.419. The Morgan fingerprint density at radius 1 is 0.594 bits per heavy atom. The average molecular weight is 913 g/mol. The quantitative estimate of drug-likeness (QED) is 0.121. The van der Waals surface area contributed by atoms with Gasteiger partial charge >= 0.3 is 0 Å². The van der Waals surface area contributed by atoms with Crippen LogP contribution in [0.5, 0.6) is 0 Å². The second-order valence-electron chi connectivity index (χ2n) is 20.3. The molecule has 69 heavy (non-hydrogen) atoms. The molecule has 0 atom stereocenters. The molecule has 7 aromatic carbocycles. The lowest BCUT2D eigenvalue weighted by Crippen LogP contribution is -2.11. The van der Waals surface area contributed by atoms with E-state index in [1.807, 2.05) is 11.3 Å². The zero-order valence-electron chi connectivity index (χ0n) is 40.1. The molecule has 10 aromatic rings. The highest BCUT2D eigenvalue weighted by atomic mass is 32.1. The highest BCUT2D eigenvalue weighted by Crippen LogP contribution is 2.44. The first-order chi connectivity index (χ1) is 34.1. The first-order valence-electron chi connectivity index (χ1n) is 26.0. The van der Waals surface area contributed by atoms with Crippen LogP contribution in [0.1, 0.15) is 123 Å². The molecule has 3 aromatic heterocycles. The summed E-state index contributed by atoms with van der Waals surface area (Å²) >= 11 is 1.89. The Morgan fingerprint density at radius 2 is 1.32 bits per heavy atom. The van der Waals surface area contributed by atoms with E-state index in [0.717, 1.165) is 31.6 Å². The van der Waals surface area contributed by atoms with E-state index in [1.165, 1.54) is 166 Å². The number of aromatic nitrogens is 2. The van der Waals surface area contributed by atoms with Crippen molar-refractivity contribution >= 4 is 75.9 Å². The molecule has 0 N–H and O–H groups in total. The molecular formula is C66H60N2S. The van der Waals surface area contributed by atoms with Crippen molar-refractivity contribution in [2.45, 2.75) is 103 Å². The van der Waals surface area contributed by atoms with Gasteiger partial charge in [-0.05, 0) is 187 Å². The third-order valence-corrected chi connectivity index (χ3v) is 17.5. The third kappa shape index (κ3) is 7.44. The molecule has 0 radical (unpaired) electrons. The maximum atomic E-state index is 2.56. The van der Waals surface area contributed by atoms with Crippen molar-refractivity contribution in [1.29, 1.82) is 0 Å². The van der Waals surface area contributed by atoms with E-state index >= 15 is 0 Å². The Labute approximate surface area is 410 Å². The molecule has 2 fully saturated rings. The SMILES string of the molecule is CC/C(=C(C)\C=C/Cc1cccc(-n2c3c(c4cc(-c5ccc6c(c5)c5cc(C7CCCCC7)ccc5n6-c5ccc6sc7ccccc7c6c5)ccc42)C=CCC3)c1)c1ccccc1C1CCC1. The Kier molecular flexibility index (Phi) is 10.9. The largest absolute Gasteiger partial charge is 0.313 e. The number of allylic oxidation sites excluding steroid dienone is 5. The van der Waals surface area contributed by atoms with Gasteiger partial charge in [0.15, 0.2) is 0 Å². The summed E-state index contributed by atoms with van der Waals surface area (Å²) in [5.74, 6) is 1.37. The van der Waals surface area contributed by atoms with E-state index < -0.39 is 0 Å². The molecular weight excluding hydrogens is 853 g/mol. The summed E-state index contributed by atoms with van der Waals surface area (Å²) in [6.07, 6.45) is 24.2. The van der Waals surface area contributed by atoms with E-state index in [2.05, 4.69) is 193 Å². The molecule has 0 bridgehead atoms. The van der Waals surface area contributed by atoms with Crippen LogP contribution in [-0.4, -0.2) is 9.13 Å². The fourth-order valence-corrected chi connectivity index (χ4v) is 13.6. The van der Waals surface area contributed by atoms with Crippen LogP contribution in [0.4, 0.5) is 0 Å². The fourth-order valence-electron chi connectivity index (χ4n) is 12.6. The Morgan fingerprint density at radius 3 is 2.14 bits per heavy atom. The van der Waals surface area contributed by atoms with Crippen molar-refractivity contribution < 1.29 is 0 Å². The van der Waals surface area contributed by atoms with Crippen molar-refractivity contribution in [2.75, 3.05) is 0 Å². The monoisotopic (exact) mass is 912 g/mol. The van der Waals surface area contributed by atoms with Gasteiger partial charge in [0.25, 0.3) is 0 Å². The molecule has 3 heteroatoms. The molecule has 2 saturated carbocycles. The second kappa shape index (κ2) is 17.7. The highest BCUT2D eigenvalue weighted by Gasteiger charge is 2.24. The predicted octanol–water partition coefficient (Wildman–Crippen LogP) is 19.0. The molecule has 0 aliphatic heterocycles. The van der Waals surface area contributed by atoms with E-state index in [9.17, 15) is 0 Å². The maximum Gasteiger partial charge on any atom is 0.0541 e. The smallest absolute Gasteiger partial charge is 0.0541 e. The number of thiophene rings is 1. The van der Waals surface area contributed by atoms with Gasteiger partial charge in [-0.2, -0.15) is 0 Å². The molecule has 0 unspecified atom stereocenters. The molecule has 0 saturated heterocycles. The van der Waals surface area contributed by atoms with Crippen LogP contribution >= 0.6 is 11.3 Å². The molecule has 2 nitrogen and oxygen atoms in total. The topological polar surface area (TPSA) is 9.86 Å². The van der Waals surface area contributed by atoms with Gasteiger partial charge in [0, 0.05) is 59.0 Å². The summed E-state index contributed by atoms with van der Waals surface area (Å²) in [6, 6.07) is 56.3. The first kappa shape index (κ1) is 42.4. The second-order valence-corrected chi connectivity index (χ2v) is 21.4. The summed E-state index contributed by atoms with van der Waals surface area (Å²) in [6.45, 7) is 4.62. The van der Waals surface area contributed by atoms with Crippen LogP contribution in [0.25, 0.3) is 87.0 Å². The lowest BCUT2D eigenvalue weighted by atomic mass is 9.76. The van der Waals surface area contributed by atoms with E-state index in [0.29, 0.717) is 5.92 Å². The molecule has 3 heterocycles. The summed E-state index contributed by atoms with van der Waals surface area (Å²) in [7, 11) is 0. The summed E-state index contributed by atoms with van der Waals surface area (Å²) in [4.78, 5) is 0. The fraction of sp³-hybridized carbons (Fsp3) is 0.242. The minimum absolute atomic E-state index is 0.645. The van der Waals surface area contributed by atoms with Gasteiger partial charge in [0.05, 0.1) is 16.6 Å². The number of hydrogen-bond acceptors (Lipinski definition) is 1. The van der Waals surface area contributed by atoms with Crippen LogP contribution in [0.15, 0.2) is 169 Å². The van der Waals surface area contributed by atoms with Crippen molar-refractivity contribution in [1.82, 2.24) is 9.13 Å². The van der Waals surface area contributed by atoms with Crippen LogP contribution < -0.4 is 0 Å². The number of nitrogens with zero attached hydrogens (tertiary/aromatic N) is 2. The van der Waals surface area contributed by atoms with Crippen molar-refractivity contribution in [3.05, 3.63) is 203 Å². The van der Waals surface area contributed by atoms with Crippen molar-refractivity contribution in [3.63, 3.8) is 0 Å². The predicted molar refractivity (Wildman–Crippen MR) is 298 cm³/mol. The normalized spacial score (nSPS) is 16.1. The van der Waals surface area contributed by atoms with Crippen LogP contribution in [-0.2, 0) is 12.8 Å². The summed E-state index contributed by atoms with van der Waals surface area (Å²) in [5.41, 5.74) is 20.3. The molecule has 0 spiro atoms. The number of rotatable bonds is 10. The molecule has 13 rings (SSSR count). The minimum atomic E-state index is 0.645. The number of benzene rings is 7. The van der Waals surface area contributed by atoms with Gasteiger partial charge in [0.2, 0.25) is 0 Å². The molecule has 3 aliphatic carbocycles. The van der Waals surface area contributed by atoms with Gasteiger partial charge in [-0.25, -0.2) is 0 Å². The molecule has 3 aliphatic rings. The molecule has 340 valence electrons. The average Bonchev–Trinajstić information content (AvgIpc) is 4.03. The van der Waals surface area contributed by atoms with Gasteiger partial charge < -0.3 is 9.13 Å². The van der Waals surface area contributed by atoms with Crippen molar-refractivity contribution in [3.8, 4) is 22.5 Å². The first-order valence-corrected chi connectivity index (χ1v) is 26.8. The zero-order valence-corrected chi connectivity index (χ0v) is 40.9. The lowest BCUT2D eigenvalue weighted by Gasteiger charge is -2.29. The van der Waals surface area contributed by atoms with Gasteiger partial charge in [0.1, 0.15) is 0 Å². The standard InChI is InChI=1S/C66H60N2S/c1-3-52(54-25-8-7-24-53(54)46-21-15-22-46)43(2)16-13-17-44-18-14-23-50(38-44)67-61-28-11-9-26-55(61)57-40-48(31-35-62(57)67)49-32-36-64-59(41-49)58-39-47(45-19-5-4-6-20-45)30-34-63(58)68(64)51-33-37-66-60(42-51)56-27-10-12-29-65(56)69-66/h7-10,12-14,16,18,23-27,29-42,45-46H,3-6,11,15,17,19-22,28H2,1-2H3/b16-13-,52-43+. The Bertz CT molecular complexity index is 3720. The van der Waals surface area contributed by atoms with Gasteiger partial charge in [-0.15, -0.1) is 11.3 Å². The van der Waals surface area contributed by atoms with Crippen LogP contribution in [0, 0.1) is 0 Å². The highest BCUT2D eigenvalue weighted by molar-refractivity contribution is 7.25. The zero-order chi connectivity index (χ0) is 46.0. The number of fused-ring (bicyclic) bond motifs is 9. The Balaban J connectivity index is 0.870. The van der Waals surface area contributed by atoms with Gasteiger partial charge in [-0.1, -0.05) is 130 Å². The van der Waals surface area contributed by atoms with Crippen LogP contribution in [0.3, 0.4) is 0 Å². The summed E-state index contributed by atoms with van der Waals surface area (Å²) < 4.78 is 7.77.